The lowest BCUT2D eigenvalue weighted by Crippen LogP contribution is -2.18. The number of H-pyrrole nitrogens is 1. The molecule has 2 nitrogen and oxygen atoms in total. The molecule has 0 aliphatic carbocycles. The van der Waals surface area contributed by atoms with Crippen LogP contribution < -0.4 is 5.32 Å². The molecule has 0 spiro atoms. The number of aromatic nitrogens is 1. The zero-order valence-corrected chi connectivity index (χ0v) is 10.8. The van der Waals surface area contributed by atoms with E-state index in [1.54, 1.807) is 0 Å². The zero-order valence-electron chi connectivity index (χ0n) is 9.20. The first-order chi connectivity index (χ1) is 7.75. The van der Waals surface area contributed by atoms with Gasteiger partial charge in [-0.3, -0.25) is 0 Å². The van der Waals surface area contributed by atoms with E-state index in [-0.39, 0.29) is 0 Å². The Hall–Kier alpha value is -1.06. The molecule has 84 valence electrons. The Morgan fingerprint density at radius 1 is 1.25 bits per heavy atom. The summed E-state index contributed by atoms with van der Waals surface area (Å²) >= 11 is 3.44. The molecule has 0 aliphatic rings. The molecule has 2 aromatic rings. The summed E-state index contributed by atoms with van der Waals surface area (Å²) in [6.45, 7) is 3.04. The smallest absolute Gasteiger partial charge is 0.0362 e. The first-order valence-electron chi connectivity index (χ1n) is 5.37. The van der Waals surface area contributed by atoms with E-state index >= 15 is 0 Å². The van der Waals surface area contributed by atoms with Crippen LogP contribution >= 0.6 is 15.9 Å². The molecular weight excluding hydrogens is 264 g/mol. The third-order valence-electron chi connectivity index (χ3n) is 2.63. The Morgan fingerprint density at radius 3 is 2.62 bits per heavy atom. The van der Waals surface area contributed by atoms with Crippen molar-refractivity contribution in [1.29, 1.82) is 0 Å². The summed E-state index contributed by atoms with van der Waals surface area (Å²) in [5.41, 5.74) is 2.51. The molecule has 1 aromatic heterocycles. The summed E-state index contributed by atoms with van der Waals surface area (Å²) in [4.78, 5) is 3.18. The van der Waals surface area contributed by atoms with Crippen LogP contribution in [0.1, 0.15) is 24.2 Å². The number of hydrogen-bond donors (Lipinski definition) is 2. The normalized spacial score (nSPS) is 12.6. The van der Waals surface area contributed by atoms with Gasteiger partial charge in [0.25, 0.3) is 0 Å². The third-order valence-corrected chi connectivity index (χ3v) is 3.16. The lowest BCUT2D eigenvalue weighted by molar-refractivity contribution is 0.569. The van der Waals surface area contributed by atoms with Crippen LogP contribution in [0.4, 0.5) is 0 Å². The highest BCUT2D eigenvalue weighted by Gasteiger charge is 2.04. The number of benzene rings is 1. The minimum absolute atomic E-state index is 0.358. The molecule has 0 saturated heterocycles. The molecule has 0 aliphatic heterocycles. The minimum Gasteiger partial charge on any atom is -0.364 e. The van der Waals surface area contributed by atoms with Crippen LogP contribution in [0.5, 0.6) is 0 Å². The van der Waals surface area contributed by atoms with Gasteiger partial charge < -0.3 is 10.3 Å². The van der Waals surface area contributed by atoms with Gasteiger partial charge in [0.1, 0.15) is 0 Å². The van der Waals surface area contributed by atoms with Crippen molar-refractivity contribution in [2.45, 2.75) is 19.5 Å². The van der Waals surface area contributed by atoms with Gasteiger partial charge in [0.05, 0.1) is 0 Å². The monoisotopic (exact) mass is 278 g/mol. The van der Waals surface area contributed by atoms with Crippen molar-refractivity contribution >= 4 is 15.9 Å². The number of rotatable bonds is 4. The molecule has 0 amide bonds. The van der Waals surface area contributed by atoms with Crippen molar-refractivity contribution in [2.24, 2.45) is 0 Å². The minimum atomic E-state index is 0.358. The van der Waals surface area contributed by atoms with E-state index in [1.165, 1.54) is 11.3 Å². The summed E-state index contributed by atoms with van der Waals surface area (Å²) in [5, 5.41) is 3.47. The molecule has 1 aromatic carbocycles. The number of aromatic amines is 1. The lowest BCUT2D eigenvalue weighted by atomic mass is 10.1. The maximum atomic E-state index is 3.47. The van der Waals surface area contributed by atoms with Gasteiger partial charge in [-0.25, -0.2) is 0 Å². The van der Waals surface area contributed by atoms with E-state index in [0.29, 0.717) is 6.04 Å². The highest BCUT2D eigenvalue weighted by molar-refractivity contribution is 9.10. The highest BCUT2D eigenvalue weighted by atomic mass is 79.9. The second kappa shape index (κ2) is 5.32. The number of halogens is 1. The largest absolute Gasteiger partial charge is 0.364 e. The predicted molar refractivity (Wildman–Crippen MR) is 70.2 cm³/mol. The predicted octanol–water partition coefficient (Wildman–Crippen LogP) is 3.63. The molecule has 2 N–H and O–H groups in total. The van der Waals surface area contributed by atoms with E-state index in [9.17, 15) is 0 Å². The summed E-state index contributed by atoms with van der Waals surface area (Å²) in [6, 6.07) is 12.9. The summed E-state index contributed by atoms with van der Waals surface area (Å²) in [5.74, 6) is 0. The Balaban J connectivity index is 1.93. The molecule has 16 heavy (non-hydrogen) atoms. The highest BCUT2D eigenvalue weighted by Crippen LogP contribution is 2.16. The Kier molecular flexibility index (Phi) is 3.80. The van der Waals surface area contributed by atoms with Crippen LogP contribution in [0, 0.1) is 0 Å². The van der Waals surface area contributed by atoms with Gasteiger partial charge in [-0.15, -0.1) is 0 Å². The van der Waals surface area contributed by atoms with Gasteiger partial charge in [-0.1, -0.05) is 28.1 Å². The summed E-state index contributed by atoms with van der Waals surface area (Å²) in [6.07, 6.45) is 1.95. The van der Waals surface area contributed by atoms with Crippen molar-refractivity contribution in [3.05, 3.63) is 58.3 Å². The molecule has 3 heteroatoms. The van der Waals surface area contributed by atoms with E-state index < -0.39 is 0 Å². The molecule has 0 bridgehead atoms. The van der Waals surface area contributed by atoms with Crippen molar-refractivity contribution in [1.82, 2.24) is 10.3 Å². The molecule has 0 radical (unpaired) electrons. The van der Waals surface area contributed by atoms with E-state index in [1.807, 2.05) is 12.3 Å². The summed E-state index contributed by atoms with van der Waals surface area (Å²) < 4.78 is 1.12. The maximum Gasteiger partial charge on any atom is 0.0362 e. The fourth-order valence-corrected chi connectivity index (χ4v) is 1.87. The zero-order chi connectivity index (χ0) is 11.4. The summed E-state index contributed by atoms with van der Waals surface area (Å²) in [7, 11) is 0. The van der Waals surface area contributed by atoms with E-state index in [4.69, 9.17) is 0 Å². The van der Waals surface area contributed by atoms with Gasteiger partial charge >= 0.3 is 0 Å². The maximum absolute atomic E-state index is 3.47. The fraction of sp³-hybridized carbons (Fsp3) is 0.231. The molecule has 0 fully saturated rings. The van der Waals surface area contributed by atoms with Gasteiger partial charge in [0.15, 0.2) is 0 Å². The topological polar surface area (TPSA) is 27.8 Å². The second-order valence-electron chi connectivity index (χ2n) is 3.85. The Labute approximate surface area is 104 Å². The molecule has 1 atom stereocenters. The number of nitrogens with one attached hydrogen (secondary N) is 2. The van der Waals surface area contributed by atoms with Crippen molar-refractivity contribution in [3.63, 3.8) is 0 Å². The Morgan fingerprint density at radius 2 is 2.00 bits per heavy atom. The van der Waals surface area contributed by atoms with Crippen LogP contribution in [0.2, 0.25) is 0 Å². The molecule has 1 unspecified atom stereocenters. The SMILES string of the molecule is CC(NCc1ccc[nH]1)c1ccc(Br)cc1. The second-order valence-corrected chi connectivity index (χ2v) is 4.77. The van der Waals surface area contributed by atoms with Gasteiger partial charge in [0.2, 0.25) is 0 Å². The Bertz CT molecular complexity index is 420. The van der Waals surface area contributed by atoms with Crippen molar-refractivity contribution in [3.8, 4) is 0 Å². The molecule has 0 saturated carbocycles. The van der Waals surface area contributed by atoms with E-state index in [0.717, 1.165) is 11.0 Å². The molecular formula is C13H15BrN2. The van der Waals surface area contributed by atoms with E-state index in [2.05, 4.69) is 63.5 Å². The van der Waals surface area contributed by atoms with Crippen LogP contribution in [0.25, 0.3) is 0 Å². The van der Waals surface area contributed by atoms with Gasteiger partial charge in [-0.2, -0.15) is 0 Å². The van der Waals surface area contributed by atoms with Gasteiger partial charge in [-0.05, 0) is 36.8 Å². The first kappa shape index (κ1) is 11.4. The van der Waals surface area contributed by atoms with Crippen LogP contribution in [-0.2, 0) is 6.54 Å². The fourth-order valence-electron chi connectivity index (χ4n) is 1.61. The van der Waals surface area contributed by atoms with Crippen LogP contribution in [0.15, 0.2) is 47.1 Å². The van der Waals surface area contributed by atoms with Crippen molar-refractivity contribution < 1.29 is 0 Å². The van der Waals surface area contributed by atoms with Crippen LogP contribution in [0.3, 0.4) is 0 Å². The van der Waals surface area contributed by atoms with Crippen molar-refractivity contribution in [2.75, 3.05) is 0 Å². The molecule has 2 rings (SSSR count). The first-order valence-corrected chi connectivity index (χ1v) is 6.16. The third kappa shape index (κ3) is 2.97. The average molecular weight is 279 g/mol. The standard InChI is InChI=1S/C13H15BrN2/c1-10(11-4-6-12(14)7-5-11)16-9-13-3-2-8-15-13/h2-8,10,15-16H,9H2,1H3. The number of hydrogen-bond acceptors (Lipinski definition) is 1. The lowest BCUT2D eigenvalue weighted by Gasteiger charge is -2.13. The molecule has 1 heterocycles. The van der Waals surface area contributed by atoms with Gasteiger partial charge in [0, 0.05) is 29.0 Å². The quantitative estimate of drug-likeness (QED) is 0.878. The van der Waals surface area contributed by atoms with Crippen LogP contribution in [-0.4, -0.2) is 4.98 Å². The average Bonchev–Trinajstić information content (AvgIpc) is 2.80.